The third-order valence-electron chi connectivity index (χ3n) is 4.72. The highest BCUT2D eigenvalue weighted by atomic mass is 35.5. The molecular weight excluding hydrogens is 411 g/mol. The predicted molar refractivity (Wildman–Crippen MR) is 110 cm³/mol. The Bertz CT molecular complexity index is 1210. The fraction of sp³-hybridized carbons (Fsp3) is 0.143. The number of fused-ring (bicyclic) bond motifs is 1. The molecule has 1 aliphatic heterocycles. The van der Waals surface area contributed by atoms with Gasteiger partial charge >= 0.3 is 0 Å². The standard InChI is InChI=1S/C21H16ClFN4O3/c22-14-5-6-16(15(23)11-14)24-19(28)12-27-20(29)8-7-17(25-27)21(30)26-10-9-13-3-1-2-4-18(13)26/h1-8,11H,9-10,12H2,(H,24,28). The van der Waals surface area contributed by atoms with Gasteiger partial charge in [0.1, 0.15) is 18.1 Å². The topological polar surface area (TPSA) is 84.3 Å². The average molecular weight is 427 g/mol. The highest BCUT2D eigenvalue weighted by molar-refractivity contribution is 6.30. The summed E-state index contributed by atoms with van der Waals surface area (Å²) < 4.78 is 14.7. The van der Waals surface area contributed by atoms with E-state index in [-0.39, 0.29) is 22.3 Å². The molecule has 2 heterocycles. The maximum atomic E-state index is 13.9. The molecule has 0 unspecified atom stereocenters. The highest BCUT2D eigenvalue weighted by Crippen LogP contribution is 2.28. The number of aromatic nitrogens is 2. The molecule has 9 heteroatoms. The lowest BCUT2D eigenvalue weighted by atomic mass is 10.2. The summed E-state index contributed by atoms with van der Waals surface area (Å²) in [5.74, 6) is -1.73. The zero-order valence-electron chi connectivity index (χ0n) is 15.6. The van der Waals surface area contributed by atoms with Crippen molar-refractivity contribution in [3.8, 4) is 0 Å². The number of amides is 2. The molecule has 0 fully saturated rings. The van der Waals surface area contributed by atoms with Crippen molar-refractivity contribution in [3.63, 3.8) is 0 Å². The Morgan fingerprint density at radius 2 is 1.93 bits per heavy atom. The average Bonchev–Trinajstić information content (AvgIpc) is 3.15. The lowest BCUT2D eigenvalue weighted by molar-refractivity contribution is -0.117. The molecule has 1 aliphatic rings. The predicted octanol–water partition coefficient (Wildman–Crippen LogP) is 2.88. The molecule has 7 nitrogen and oxygen atoms in total. The monoisotopic (exact) mass is 426 g/mol. The third-order valence-corrected chi connectivity index (χ3v) is 4.95. The first kappa shape index (κ1) is 19.8. The maximum Gasteiger partial charge on any atom is 0.278 e. The number of nitrogens with zero attached hydrogens (tertiary/aromatic N) is 3. The Hall–Kier alpha value is -3.52. The molecule has 0 spiro atoms. The number of carbonyl (C=O) groups is 2. The highest BCUT2D eigenvalue weighted by Gasteiger charge is 2.26. The second-order valence-electron chi connectivity index (χ2n) is 6.72. The maximum absolute atomic E-state index is 13.9. The second kappa shape index (κ2) is 8.08. The van der Waals surface area contributed by atoms with E-state index in [9.17, 15) is 18.8 Å². The molecule has 0 atom stereocenters. The van der Waals surface area contributed by atoms with Gasteiger partial charge in [-0.2, -0.15) is 5.10 Å². The van der Waals surface area contributed by atoms with Crippen LogP contribution in [0.4, 0.5) is 15.8 Å². The first-order valence-corrected chi connectivity index (χ1v) is 9.53. The number of para-hydroxylation sites is 1. The Morgan fingerprint density at radius 3 is 2.73 bits per heavy atom. The van der Waals surface area contributed by atoms with Crippen molar-refractivity contribution in [2.45, 2.75) is 13.0 Å². The first-order chi connectivity index (χ1) is 14.4. The minimum Gasteiger partial charge on any atom is -0.322 e. The summed E-state index contributed by atoms with van der Waals surface area (Å²) in [6.07, 6.45) is 0.733. The van der Waals surface area contributed by atoms with Gasteiger partial charge in [0, 0.05) is 23.3 Å². The zero-order valence-corrected chi connectivity index (χ0v) is 16.4. The van der Waals surface area contributed by atoms with Crippen LogP contribution in [0, 0.1) is 5.82 Å². The summed E-state index contributed by atoms with van der Waals surface area (Å²) in [6.45, 7) is 0.0356. The van der Waals surface area contributed by atoms with E-state index in [0.717, 1.165) is 28.4 Å². The second-order valence-corrected chi connectivity index (χ2v) is 7.16. The van der Waals surface area contributed by atoms with Gasteiger partial charge in [0.2, 0.25) is 5.91 Å². The molecule has 0 aliphatic carbocycles. The molecule has 3 aromatic rings. The number of hydrogen-bond donors (Lipinski definition) is 1. The molecule has 30 heavy (non-hydrogen) atoms. The Labute approximate surface area is 175 Å². The molecule has 1 aromatic heterocycles. The van der Waals surface area contributed by atoms with E-state index in [1.165, 1.54) is 24.3 Å². The van der Waals surface area contributed by atoms with Gasteiger partial charge in [-0.25, -0.2) is 9.07 Å². The van der Waals surface area contributed by atoms with Gasteiger partial charge < -0.3 is 10.2 Å². The van der Waals surface area contributed by atoms with Gasteiger partial charge in [0.15, 0.2) is 0 Å². The van der Waals surface area contributed by atoms with Crippen LogP contribution in [0.15, 0.2) is 59.4 Å². The van der Waals surface area contributed by atoms with Gasteiger partial charge in [-0.05, 0) is 42.3 Å². The number of hydrogen-bond acceptors (Lipinski definition) is 4. The van der Waals surface area contributed by atoms with E-state index in [0.29, 0.717) is 6.54 Å². The Kier molecular flexibility index (Phi) is 5.33. The third kappa shape index (κ3) is 3.95. The SMILES string of the molecule is O=C(Cn1nc(C(=O)N2CCc3ccccc32)ccc1=O)Nc1ccc(Cl)cc1F. The van der Waals surface area contributed by atoms with Gasteiger partial charge in [-0.1, -0.05) is 29.8 Å². The van der Waals surface area contributed by atoms with Crippen LogP contribution in [0.3, 0.4) is 0 Å². The molecule has 0 radical (unpaired) electrons. The fourth-order valence-electron chi connectivity index (χ4n) is 3.28. The van der Waals surface area contributed by atoms with E-state index in [4.69, 9.17) is 11.6 Å². The van der Waals surface area contributed by atoms with Crippen LogP contribution >= 0.6 is 11.6 Å². The summed E-state index contributed by atoms with van der Waals surface area (Å²) in [4.78, 5) is 38.9. The van der Waals surface area contributed by atoms with E-state index < -0.39 is 23.8 Å². The van der Waals surface area contributed by atoms with Crippen molar-refractivity contribution in [1.82, 2.24) is 9.78 Å². The van der Waals surface area contributed by atoms with Crippen molar-refractivity contribution in [2.24, 2.45) is 0 Å². The number of carbonyl (C=O) groups excluding carboxylic acids is 2. The molecule has 2 amide bonds. The van der Waals surface area contributed by atoms with Crippen LogP contribution in [0.2, 0.25) is 5.02 Å². The Balaban J connectivity index is 1.53. The van der Waals surface area contributed by atoms with Crippen molar-refractivity contribution in [3.05, 3.63) is 87.0 Å². The van der Waals surface area contributed by atoms with Crippen molar-refractivity contribution in [1.29, 1.82) is 0 Å². The smallest absolute Gasteiger partial charge is 0.278 e. The zero-order chi connectivity index (χ0) is 21.3. The largest absolute Gasteiger partial charge is 0.322 e. The van der Waals surface area contributed by atoms with Crippen LogP contribution < -0.4 is 15.8 Å². The minimum atomic E-state index is -0.701. The van der Waals surface area contributed by atoms with Crippen LogP contribution in [0.1, 0.15) is 16.1 Å². The van der Waals surface area contributed by atoms with Crippen LogP contribution in [0.25, 0.3) is 0 Å². The van der Waals surface area contributed by atoms with E-state index in [1.807, 2.05) is 24.3 Å². The fourth-order valence-corrected chi connectivity index (χ4v) is 3.44. The summed E-state index contributed by atoms with van der Waals surface area (Å²) in [7, 11) is 0. The molecule has 152 valence electrons. The number of anilines is 2. The molecule has 2 aromatic carbocycles. The van der Waals surface area contributed by atoms with E-state index >= 15 is 0 Å². The van der Waals surface area contributed by atoms with E-state index in [2.05, 4.69) is 10.4 Å². The number of halogens is 2. The minimum absolute atomic E-state index is 0.0387. The first-order valence-electron chi connectivity index (χ1n) is 9.15. The summed E-state index contributed by atoms with van der Waals surface area (Å²) in [6, 6.07) is 13.9. The Morgan fingerprint density at radius 1 is 1.13 bits per heavy atom. The molecule has 0 bridgehead atoms. The molecule has 1 N–H and O–H groups in total. The van der Waals surface area contributed by atoms with Gasteiger partial charge in [0.05, 0.1) is 5.69 Å². The number of rotatable bonds is 4. The molecular formula is C21H16ClFN4O3. The van der Waals surface area contributed by atoms with Crippen molar-refractivity contribution < 1.29 is 14.0 Å². The lowest BCUT2D eigenvalue weighted by Crippen LogP contribution is -2.34. The molecule has 4 rings (SSSR count). The van der Waals surface area contributed by atoms with Gasteiger partial charge in [-0.15, -0.1) is 0 Å². The molecule has 0 saturated carbocycles. The van der Waals surface area contributed by atoms with Crippen LogP contribution in [-0.4, -0.2) is 28.1 Å². The van der Waals surface area contributed by atoms with Crippen molar-refractivity contribution >= 4 is 34.8 Å². The quantitative estimate of drug-likeness (QED) is 0.695. The summed E-state index contributed by atoms with van der Waals surface area (Å²) in [5.41, 5.74) is 1.27. The van der Waals surface area contributed by atoms with Gasteiger partial charge in [-0.3, -0.25) is 14.4 Å². The summed E-state index contributed by atoms with van der Waals surface area (Å²) in [5, 5.41) is 6.60. The van der Waals surface area contributed by atoms with Crippen LogP contribution in [0.5, 0.6) is 0 Å². The van der Waals surface area contributed by atoms with Crippen LogP contribution in [-0.2, 0) is 17.8 Å². The lowest BCUT2D eigenvalue weighted by Gasteiger charge is -2.17. The van der Waals surface area contributed by atoms with Crippen molar-refractivity contribution in [2.75, 3.05) is 16.8 Å². The number of benzene rings is 2. The number of nitrogens with one attached hydrogen (secondary N) is 1. The molecule has 0 saturated heterocycles. The normalized spacial score (nSPS) is 12.5. The summed E-state index contributed by atoms with van der Waals surface area (Å²) >= 11 is 5.69. The van der Waals surface area contributed by atoms with E-state index in [1.54, 1.807) is 4.90 Å². The van der Waals surface area contributed by atoms with Gasteiger partial charge in [0.25, 0.3) is 11.5 Å².